The van der Waals surface area contributed by atoms with Gasteiger partial charge in [0.05, 0.1) is 27.7 Å². The quantitative estimate of drug-likeness (QED) is 0.625. The first-order valence-electron chi connectivity index (χ1n) is 9.13. The van der Waals surface area contributed by atoms with E-state index in [1.807, 2.05) is 45.9 Å². The second-order valence-electron chi connectivity index (χ2n) is 6.83. The average Bonchev–Trinajstić information content (AvgIpc) is 2.96. The van der Waals surface area contributed by atoms with Crippen molar-refractivity contribution in [3.63, 3.8) is 0 Å². The van der Waals surface area contributed by atoms with Crippen molar-refractivity contribution in [2.45, 2.75) is 27.7 Å². The van der Waals surface area contributed by atoms with Crippen molar-refractivity contribution in [3.8, 4) is 5.69 Å². The number of para-hydroxylation sites is 1. The number of rotatable bonds is 5. The molecule has 1 heterocycles. The fourth-order valence-electron chi connectivity index (χ4n) is 3.02. The van der Waals surface area contributed by atoms with Crippen molar-refractivity contribution in [1.29, 1.82) is 0 Å². The van der Waals surface area contributed by atoms with E-state index in [0.29, 0.717) is 10.6 Å². The number of benzene rings is 2. The molecule has 0 bridgehead atoms. The summed E-state index contributed by atoms with van der Waals surface area (Å²) in [6, 6.07) is 12.5. The van der Waals surface area contributed by atoms with Crippen LogP contribution >= 0.6 is 11.6 Å². The summed E-state index contributed by atoms with van der Waals surface area (Å²) >= 11 is 6.18. The number of amides is 1. The zero-order chi connectivity index (χ0) is 21.1. The van der Waals surface area contributed by atoms with Crippen molar-refractivity contribution in [2.75, 3.05) is 11.9 Å². The van der Waals surface area contributed by atoms with E-state index >= 15 is 0 Å². The standard InChI is InChI=1S/C22H22ClN3O3/c1-13-6-5-7-14(2)21(13)24-19(27)12-29-22(28)17-8-10-18(11-9-17)26-16(4)20(23)15(3)25-26/h5-11H,12H2,1-4H3,(H,24,27). The van der Waals surface area contributed by atoms with Gasteiger partial charge in [-0.15, -0.1) is 0 Å². The molecule has 0 atom stereocenters. The number of hydrogen-bond acceptors (Lipinski definition) is 4. The molecule has 7 heteroatoms. The molecule has 3 rings (SSSR count). The highest BCUT2D eigenvalue weighted by atomic mass is 35.5. The van der Waals surface area contributed by atoms with Gasteiger partial charge < -0.3 is 10.1 Å². The fraction of sp³-hybridized carbons (Fsp3) is 0.227. The van der Waals surface area contributed by atoms with E-state index in [-0.39, 0.29) is 12.5 Å². The number of aryl methyl sites for hydroxylation is 3. The largest absolute Gasteiger partial charge is 0.452 e. The summed E-state index contributed by atoms with van der Waals surface area (Å²) in [7, 11) is 0. The molecule has 1 aromatic heterocycles. The topological polar surface area (TPSA) is 73.2 Å². The van der Waals surface area contributed by atoms with Gasteiger partial charge in [-0.05, 0) is 63.1 Å². The van der Waals surface area contributed by atoms with Gasteiger partial charge in [0.25, 0.3) is 5.91 Å². The Balaban J connectivity index is 1.62. The lowest BCUT2D eigenvalue weighted by molar-refractivity contribution is -0.119. The van der Waals surface area contributed by atoms with Crippen LogP contribution in [0.2, 0.25) is 5.02 Å². The Morgan fingerprint density at radius 2 is 1.66 bits per heavy atom. The van der Waals surface area contributed by atoms with E-state index in [9.17, 15) is 9.59 Å². The molecule has 0 saturated heterocycles. The van der Waals surface area contributed by atoms with Gasteiger partial charge in [0.15, 0.2) is 6.61 Å². The van der Waals surface area contributed by atoms with Crippen molar-refractivity contribution in [1.82, 2.24) is 9.78 Å². The molecule has 1 amide bonds. The summed E-state index contributed by atoms with van der Waals surface area (Å²) in [5, 5.41) is 7.79. The lowest BCUT2D eigenvalue weighted by Crippen LogP contribution is -2.21. The van der Waals surface area contributed by atoms with Crippen LogP contribution in [0.1, 0.15) is 32.9 Å². The Labute approximate surface area is 174 Å². The Morgan fingerprint density at radius 1 is 1.03 bits per heavy atom. The van der Waals surface area contributed by atoms with Crippen LogP contribution < -0.4 is 5.32 Å². The zero-order valence-electron chi connectivity index (χ0n) is 16.7. The minimum Gasteiger partial charge on any atom is -0.452 e. The summed E-state index contributed by atoms with van der Waals surface area (Å²) in [5.74, 6) is -0.954. The van der Waals surface area contributed by atoms with E-state index in [4.69, 9.17) is 16.3 Å². The molecule has 0 fully saturated rings. The first kappa shape index (κ1) is 20.6. The van der Waals surface area contributed by atoms with Crippen LogP contribution in [0.5, 0.6) is 0 Å². The summed E-state index contributed by atoms with van der Waals surface area (Å²) in [6.45, 7) is 7.17. The predicted octanol–water partition coefficient (Wildman–Crippen LogP) is 4.55. The molecule has 29 heavy (non-hydrogen) atoms. The van der Waals surface area contributed by atoms with Crippen LogP contribution in [0.4, 0.5) is 5.69 Å². The minimum atomic E-state index is -0.570. The molecule has 0 spiro atoms. The average molecular weight is 412 g/mol. The van der Waals surface area contributed by atoms with Crippen LogP contribution in [-0.4, -0.2) is 28.3 Å². The highest BCUT2D eigenvalue weighted by Gasteiger charge is 2.14. The van der Waals surface area contributed by atoms with Gasteiger partial charge in [0.1, 0.15) is 0 Å². The molecule has 6 nitrogen and oxygen atoms in total. The Morgan fingerprint density at radius 3 is 2.21 bits per heavy atom. The molecule has 0 unspecified atom stereocenters. The van der Waals surface area contributed by atoms with E-state index < -0.39 is 5.97 Å². The lowest BCUT2D eigenvalue weighted by atomic mass is 10.1. The van der Waals surface area contributed by atoms with E-state index in [2.05, 4.69) is 10.4 Å². The number of carbonyl (C=O) groups excluding carboxylic acids is 2. The second-order valence-corrected chi connectivity index (χ2v) is 7.21. The maximum atomic E-state index is 12.3. The number of nitrogens with zero attached hydrogens (tertiary/aromatic N) is 2. The highest BCUT2D eigenvalue weighted by molar-refractivity contribution is 6.31. The number of nitrogens with one attached hydrogen (secondary N) is 1. The number of halogens is 1. The molecule has 0 radical (unpaired) electrons. The first-order valence-corrected chi connectivity index (χ1v) is 9.51. The van der Waals surface area contributed by atoms with Gasteiger partial charge >= 0.3 is 5.97 Å². The van der Waals surface area contributed by atoms with Crippen molar-refractivity contribution in [3.05, 3.63) is 75.6 Å². The van der Waals surface area contributed by atoms with E-state index in [1.54, 1.807) is 28.9 Å². The lowest BCUT2D eigenvalue weighted by Gasteiger charge is -2.11. The minimum absolute atomic E-state index is 0.348. The number of carbonyl (C=O) groups is 2. The van der Waals surface area contributed by atoms with Crippen LogP contribution in [0, 0.1) is 27.7 Å². The van der Waals surface area contributed by atoms with Gasteiger partial charge in [-0.3, -0.25) is 4.79 Å². The third-order valence-electron chi connectivity index (χ3n) is 4.63. The summed E-state index contributed by atoms with van der Waals surface area (Å²) < 4.78 is 6.85. The van der Waals surface area contributed by atoms with E-state index in [0.717, 1.165) is 33.9 Å². The summed E-state index contributed by atoms with van der Waals surface area (Å²) in [5.41, 5.74) is 5.32. The summed E-state index contributed by atoms with van der Waals surface area (Å²) in [4.78, 5) is 24.4. The monoisotopic (exact) mass is 411 g/mol. The number of ether oxygens (including phenoxy) is 1. The van der Waals surface area contributed by atoms with Crippen molar-refractivity contribution in [2.24, 2.45) is 0 Å². The third-order valence-corrected chi connectivity index (χ3v) is 5.18. The number of anilines is 1. The Kier molecular flexibility index (Phi) is 6.03. The molecule has 0 aliphatic heterocycles. The van der Waals surface area contributed by atoms with Crippen LogP contribution in [0.3, 0.4) is 0 Å². The normalized spacial score (nSPS) is 10.7. The van der Waals surface area contributed by atoms with Crippen molar-refractivity contribution < 1.29 is 14.3 Å². The summed E-state index contributed by atoms with van der Waals surface area (Å²) in [6.07, 6.45) is 0. The molecular weight excluding hydrogens is 390 g/mol. The van der Waals surface area contributed by atoms with Gasteiger partial charge in [-0.1, -0.05) is 29.8 Å². The van der Waals surface area contributed by atoms with Crippen molar-refractivity contribution >= 4 is 29.2 Å². The Hall–Kier alpha value is -3.12. The number of hydrogen-bond donors (Lipinski definition) is 1. The SMILES string of the molecule is Cc1cccc(C)c1NC(=O)COC(=O)c1ccc(-n2nc(C)c(Cl)c2C)cc1. The maximum Gasteiger partial charge on any atom is 0.338 e. The molecule has 3 aromatic rings. The molecule has 150 valence electrons. The maximum absolute atomic E-state index is 12.3. The smallest absolute Gasteiger partial charge is 0.338 e. The van der Waals surface area contributed by atoms with E-state index in [1.165, 1.54) is 0 Å². The first-order chi connectivity index (χ1) is 13.8. The molecule has 2 aromatic carbocycles. The van der Waals surface area contributed by atoms with Crippen LogP contribution in [0.15, 0.2) is 42.5 Å². The predicted molar refractivity (Wildman–Crippen MR) is 113 cm³/mol. The molecule has 1 N–H and O–H groups in total. The zero-order valence-corrected chi connectivity index (χ0v) is 17.5. The number of aromatic nitrogens is 2. The molecule has 0 aliphatic rings. The van der Waals surface area contributed by atoms with Crippen LogP contribution in [0.25, 0.3) is 5.69 Å². The van der Waals surface area contributed by atoms with Gasteiger partial charge in [-0.2, -0.15) is 5.10 Å². The van der Waals surface area contributed by atoms with Gasteiger partial charge in [-0.25, -0.2) is 9.48 Å². The molecular formula is C22H22ClN3O3. The van der Waals surface area contributed by atoms with Crippen LogP contribution in [-0.2, 0) is 9.53 Å². The molecule has 0 saturated carbocycles. The highest BCUT2D eigenvalue weighted by Crippen LogP contribution is 2.23. The van der Waals surface area contributed by atoms with Gasteiger partial charge in [0, 0.05) is 5.69 Å². The second kappa shape index (κ2) is 8.49. The third kappa shape index (κ3) is 4.49. The van der Waals surface area contributed by atoms with Gasteiger partial charge in [0.2, 0.25) is 0 Å². The Bertz CT molecular complexity index is 1050. The fourth-order valence-corrected chi connectivity index (χ4v) is 3.13. The number of esters is 1. The molecule has 0 aliphatic carbocycles.